The molecular weight excluding hydrogens is 242 g/mol. The van der Waals surface area contributed by atoms with Gasteiger partial charge in [0.1, 0.15) is 5.82 Å². The van der Waals surface area contributed by atoms with Crippen LogP contribution in [0.5, 0.6) is 0 Å². The van der Waals surface area contributed by atoms with E-state index in [1.165, 1.54) is 0 Å². The summed E-state index contributed by atoms with van der Waals surface area (Å²) in [7, 11) is 1.78. The number of hydrogen-bond acceptors (Lipinski definition) is 5. The minimum Gasteiger partial charge on any atom is -0.381 e. The highest BCUT2D eigenvalue weighted by Crippen LogP contribution is 2.24. The molecule has 2 aromatic rings. The number of methoxy groups -OCH3 is 1. The summed E-state index contributed by atoms with van der Waals surface area (Å²) in [6.07, 6.45) is 4.48. The summed E-state index contributed by atoms with van der Waals surface area (Å²) in [6, 6.07) is 4.35. The van der Waals surface area contributed by atoms with Crippen molar-refractivity contribution >= 4 is 11.5 Å². The molecule has 0 radical (unpaired) electrons. The Hall–Kier alpha value is -1.69. The quantitative estimate of drug-likeness (QED) is 0.907. The third-order valence-electron chi connectivity index (χ3n) is 3.71. The van der Waals surface area contributed by atoms with Gasteiger partial charge in [-0.3, -0.25) is 0 Å². The zero-order valence-corrected chi connectivity index (χ0v) is 11.3. The Morgan fingerprint density at radius 1 is 1.37 bits per heavy atom. The molecule has 0 aromatic carbocycles. The minimum absolute atomic E-state index is 0.377. The highest BCUT2D eigenvalue weighted by atomic mass is 16.5. The Bertz CT molecular complexity index is 567. The molecule has 6 nitrogen and oxygen atoms in total. The minimum atomic E-state index is 0.377. The highest BCUT2D eigenvalue weighted by Gasteiger charge is 2.24. The number of rotatable bonds is 4. The van der Waals surface area contributed by atoms with E-state index in [9.17, 15) is 0 Å². The summed E-state index contributed by atoms with van der Waals surface area (Å²) in [5.74, 6) is 1.77. The second-order valence-electron chi connectivity index (χ2n) is 4.97. The van der Waals surface area contributed by atoms with Gasteiger partial charge in [0.25, 0.3) is 0 Å². The molecule has 102 valence electrons. The third-order valence-corrected chi connectivity index (χ3v) is 3.71. The molecule has 0 amide bonds. The molecule has 1 aliphatic carbocycles. The fourth-order valence-electron chi connectivity index (χ4n) is 2.63. The van der Waals surface area contributed by atoms with Crippen LogP contribution < -0.4 is 5.32 Å². The van der Waals surface area contributed by atoms with Crippen molar-refractivity contribution in [3.63, 3.8) is 0 Å². The van der Waals surface area contributed by atoms with Gasteiger partial charge in [0.2, 0.25) is 0 Å². The summed E-state index contributed by atoms with van der Waals surface area (Å²) >= 11 is 0. The fraction of sp³-hybridized carbons (Fsp3) is 0.615. The predicted molar refractivity (Wildman–Crippen MR) is 72.2 cm³/mol. The molecule has 19 heavy (non-hydrogen) atoms. The second kappa shape index (κ2) is 5.13. The number of aryl methyl sites for hydroxylation is 1. The van der Waals surface area contributed by atoms with Gasteiger partial charge in [-0.05, 0) is 31.4 Å². The molecule has 1 fully saturated rings. The maximum atomic E-state index is 5.39. The van der Waals surface area contributed by atoms with Crippen molar-refractivity contribution in [2.75, 3.05) is 12.4 Å². The maximum Gasteiger partial charge on any atom is 0.178 e. The van der Waals surface area contributed by atoms with Gasteiger partial charge < -0.3 is 10.1 Å². The normalized spacial score (nSPS) is 23.1. The van der Waals surface area contributed by atoms with E-state index >= 15 is 0 Å². The number of nitrogens with zero attached hydrogens (tertiary/aromatic N) is 4. The number of fused-ring (bicyclic) bond motifs is 1. The SMILES string of the molecule is CCc1nnc2ccc(NC3CCC(OC)C3)nn12. The maximum absolute atomic E-state index is 5.39. The van der Waals surface area contributed by atoms with Crippen LogP contribution in [-0.4, -0.2) is 39.1 Å². The van der Waals surface area contributed by atoms with Gasteiger partial charge >= 0.3 is 0 Å². The summed E-state index contributed by atoms with van der Waals surface area (Å²) in [5.41, 5.74) is 0.795. The number of ether oxygens (including phenoxy) is 1. The van der Waals surface area contributed by atoms with E-state index in [1.54, 1.807) is 7.11 Å². The first-order valence-electron chi connectivity index (χ1n) is 6.80. The third kappa shape index (κ3) is 2.40. The van der Waals surface area contributed by atoms with Gasteiger partial charge in [0.15, 0.2) is 11.5 Å². The highest BCUT2D eigenvalue weighted by molar-refractivity contribution is 5.44. The molecule has 1 saturated carbocycles. The van der Waals surface area contributed by atoms with Gasteiger partial charge in [-0.2, -0.15) is 4.52 Å². The fourth-order valence-corrected chi connectivity index (χ4v) is 2.63. The Morgan fingerprint density at radius 2 is 2.26 bits per heavy atom. The van der Waals surface area contributed by atoms with Crippen molar-refractivity contribution < 1.29 is 4.74 Å². The average molecular weight is 261 g/mol. The molecular formula is C13H19N5O. The summed E-state index contributed by atoms with van der Waals surface area (Å²) < 4.78 is 7.20. The summed E-state index contributed by atoms with van der Waals surface area (Å²) in [6.45, 7) is 2.05. The first kappa shape index (κ1) is 12.3. The standard InChI is InChI=1S/C13H19N5O/c1-3-12-15-16-13-7-6-11(17-18(12)13)14-9-4-5-10(8-9)19-2/h6-7,9-10H,3-5,8H2,1-2H3,(H,14,17). The van der Waals surface area contributed by atoms with Crippen molar-refractivity contribution in [3.8, 4) is 0 Å². The van der Waals surface area contributed by atoms with Gasteiger partial charge in [-0.15, -0.1) is 15.3 Å². The van der Waals surface area contributed by atoms with Crippen LogP contribution >= 0.6 is 0 Å². The van der Waals surface area contributed by atoms with E-state index < -0.39 is 0 Å². The zero-order valence-electron chi connectivity index (χ0n) is 11.3. The zero-order chi connectivity index (χ0) is 13.2. The number of anilines is 1. The first-order valence-corrected chi connectivity index (χ1v) is 6.80. The monoisotopic (exact) mass is 261 g/mol. The van der Waals surface area contributed by atoms with Crippen LogP contribution in [0.1, 0.15) is 32.0 Å². The van der Waals surface area contributed by atoms with E-state index in [1.807, 2.05) is 16.6 Å². The molecule has 2 aromatic heterocycles. The lowest BCUT2D eigenvalue weighted by atomic mass is 10.2. The molecule has 0 aliphatic heterocycles. The van der Waals surface area contributed by atoms with Crippen LogP contribution in [0, 0.1) is 0 Å². The Morgan fingerprint density at radius 3 is 3.00 bits per heavy atom. The summed E-state index contributed by atoms with van der Waals surface area (Å²) in [5, 5.41) is 16.2. The molecule has 0 saturated heterocycles. The molecule has 2 heterocycles. The van der Waals surface area contributed by atoms with Crippen LogP contribution in [0.3, 0.4) is 0 Å². The topological polar surface area (TPSA) is 64.3 Å². The second-order valence-corrected chi connectivity index (χ2v) is 4.97. The molecule has 2 unspecified atom stereocenters. The molecule has 0 spiro atoms. The number of hydrogen-bond donors (Lipinski definition) is 1. The van der Waals surface area contributed by atoms with Crippen molar-refractivity contribution in [2.24, 2.45) is 0 Å². The van der Waals surface area contributed by atoms with Crippen molar-refractivity contribution in [3.05, 3.63) is 18.0 Å². The molecule has 3 rings (SSSR count). The molecule has 6 heteroatoms. The molecule has 1 aliphatic rings. The molecule has 0 bridgehead atoms. The Kier molecular flexibility index (Phi) is 3.33. The van der Waals surface area contributed by atoms with Gasteiger partial charge in [-0.25, -0.2) is 0 Å². The van der Waals surface area contributed by atoms with E-state index in [2.05, 4.69) is 27.5 Å². The van der Waals surface area contributed by atoms with Crippen molar-refractivity contribution in [1.29, 1.82) is 0 Å². The van der Waals surface area contributed by atoms with E-state index in [4.69, 9.17) is 4.74 Å². The van der Waals surface area contributed by atoms with Crippen LogP contribution in [0.25, 0.3) is 5.65 Å². The van der Waals surface area contributed by atoms with E-state index in [0.29, 0.717) is 12.1 Å². The smallest absolute Gasteiger partial charge is 0.178 e. The largest absolute Gasteiger partial charge is 0.381 e. The Labute approximate surface area is 112 Å². The molecule has 1 N–H and O–H groups in total. The van der Waals surface area contributed by atoms with E-state index in [-0.39, 0.29) is 0 Å². The van der Waals surface area contributed by atoms with Crippen LogP contribution in [-0.2, 0) is 11.2 Å². The van der Waals surface area contributed by atoms with Crippen LogP contribution in [0.15, 0.2) is 12.1 Å². The summed E-state index contributed by atoms with van der Waals surface area (Å²) in [4.78, 5) is 0. The first-order chi connectivity index (χ1) is 9.30. The lowest BCUT2D eigenvalue weighted by molar-refractivity contribution is 0.108. The van der Waals surface area contributed by atoms with Crippen LogP contribution in [0.2, 0.25) is 0 Å². The van der Waals surface area contributed by atoms with Crippen LogP contribution in [0.4, 0.5) is 5.82 Å². The van der Waals surface area contributed by atoms with Crippen molar-refractivity contribution in [2.45, 2.75) is 44.8 Å². The van der Waals surface area contributed by atoms with Crippen molar-refractivity contribution in [1.82, 2.24) is 19.8 Å². The van der Waals surface area contributed by atoms with E-state index in [0.717, 1.165) is 43.0 Å². The van der Waals surface area contributed by atoms with Gasteiger partial charge in [0.05, 0.1) is 6.10 Å². The predicted octanol–water partition coefficient (Wildman–Crippen LogP) is 1.67. The average Bonchev–Trinajstić information content (AvgIpc) is 3.04. The van der Waals surface area contributed by atoms with Gasteiger partial charge in [-0.1, -0.05) is 6.92 Å². The Balaban J connectivity index is 1.78. The lowest BCUT2D eigenvalue weighted by Gasteiger charge is -2.13. The number of nitrogens with one attached hydrogen (secondary N) is 1. The van der Waals surface area contributed by atoms with Gasteiger partial charge in [0, 0.05) is 19.6 Å². The lowest BCUT2D eigenvalue weighted by Crippen LogP contribution is -2.18. The number of aromatic nitrogens is 4. The molecule has 2 atom stereocenters.